The van der Waals surface area contributed by atoms with Gasteiger partial charge in [-0.1, -0.05) is 0 Å². The van der Waals surface area contributed by atoms with Crippen LogP contribution in [0.5, 0.6) is 0 Å². The second-order valence-corrected chi connectivity index (χ2v) is 4.26. The first kappa shape index (κ1) is 16.0. The van der Waals surface area contributed by atoms with Crippen LogP contribution in [-0.4, -0.2) is 36.3 Å². The third-order valence-electron chi connectivity index (χ3n) is 2.78. The second kappa shape index (κ2) is 6.38. The highest BCUT2D eigenvalue weighted by Gasteiger charge is 2.19. The smallest absolute Gasteiger partial charge is 0.238 e. The molecule has 1 aromatic rings. The number of carbonyl (C=O) groups excluding carboxylic acids is 2. The van der Waals surface area contributed by atoms with E-state index < -0.39 is 41.0 Å². The van der Waals surface area contributed by atoms with Crippen molar-refractivity contribution in [3.05, 3.63) is 29.6 Å². The second-order valence-electron chi connectivity index (χ2n) is 4.26. The van der Waals surface area contributed by atoms with Gasteiger partial charge in [-0.15, -0.1) is 0 Å². The molecule has 0 fully saturated rings. The molecule has 20 heavy (non-hydrogen) atoms. The number of rotatable bonds is 5. The molecular formula is C12H14F3N3O2. The molecule has 0 aliphatic heterocycles. The first-order valence-corrected chi connectivity index (χ1v) is 5.67. The summed E-state index contributed by atoms with van der Waals surface area (Å²) >= 11 is 0. The van der Waals surface area contributed by atoms with E-state index in [0.29, 0.717) is 6.07 Å². The molecule has 3 N–H and O–H groups in total. The lowest BCUT2D eigenvalue weighted by Crippen LogP contribution is -2.43. The highest BCUT2D eigenvalue weighted by atomic mass is 19.2. The maximum absolute atomic E-state index is 13.3. The average Bonchev–Trinajstić information content (AvgIpc) is 2.38. The number of amides is 2. The Morgan fingerprint density at radius 2 is 1.90 bits per heavy atom. The van der Waals surface area contributed by atoms with Crippen LogP contribution < -0.4 is 11.1 Å². The number of nitrogens with zero attached hydrogens (tertiary/aromatic N) is 1. The molecule has 5 nitrogen and oxygen atoms in total. The summed E-state index contributed by atoms with van der Waals surface area (Å²) in [6.45, 7) is 1.23. The van der Waals surface area contributed by atoms with Crippen LogP contribution >= 0.6 is 0 Å². The van der Waals surface area contributed by atoms with Gasteiger partial charge in [0.1, 0.15) is 0 Å². The van der Waals surface area contributed by atoms with Crippen molar-refractivity contribution in [3.63, 3.8) is 0 Å². The summed E-state index contributed by atoms with van der Waals surface area (Å²) in [5.41, 5.74) is 4.58. The monoisotopic (exact) mass is 289 g/mol. The van der Waals surface area contributed by atoms with E-state index in [1.807, 2.05) is 0 Å². The number of likely N-dealkylation sites (N-methyl/N-ethyl adjacent to an activating group) is 1. The van der Waals surface area contributed by atoms with Crippen molar-refractivity contribution in [2.24, 2.45) is 5.73 Å². The van der Waals surface area contributed by atoms with Gasteiger partial charge in [0.15, 0.2) is 17.5 Å². The SMILES string of the molecule is C[C@H](C(N)=O)N(C)CC(=O)Nc1ccc(F)c(F)c1F. The number of primary amides is 1. The lowest BCUT2D eigenvalue weighted by atomic mass is 10.2. The molecule has 0 unspecified atom stereocenters. The van der Waals surface area contributed by atoms with E-state index in [9.17, 15) is 22.8 Å². The van der Waals surface area contributed by atoms with Crippen LogP contribution in [0, 0.1) is 17.5 Å². The van der Waals surface area contributed by atoms with Crippen molar-refractivity contribution in [3.8, 4) is 0 Å². The Hall–Kier alpha value is -2.09. The minimum atomic E-state index is -1.67. The van der Waals surface area contributed by atoms with E-state index >= 15 is 0 Å². The predicted molar refractivity (Wildman–Crippen MR) is 66.2 cm³/mol. The molecular weight excluding hydrogens is 275 g/mol. The van der Waals surface area contributed by atoms with E-state index in [1.54, 1.807) is 0 Å². The molecule has 1 aromatic carbocycles. The fraction of sp³-hybridized carbons (Fsp3) is 0.333. The molecule has 0 aliphatic carbocycles. The van der Waals surface area contributed by atoms with Crippen LogP contribution in [0.2, 0.25) is 0 Å². The lowest BCUT2D eigenvalue weighted by Gasteiger charge is -2.21. The summed E-state index contributed by atoms with van der Waals surface area (Å²) in [4.78, 5) is 23.9. The fourth-order valence-electron chi connectivity index (χ4n) is 1.39. The molecule has 0 heterocycles. The normalized spacial score (nSPS) is 12.3. The number of benzene rings is 1. The number of halogens is 3. The minimum Gasteiger partial charge on any atom is -0.368 e. The molecule has 0 saturated heterocycles. The van der Waals surface area contributed by atoms with Gasteiger partial charge in [0, 0.05) is 0 Å². The Kier molecular flexibility index (Phi) is 5.09. The van der Waals surface area contributed by atoms with E-state index in [0.717, 1.165) is 6.07 Å². The van der Waals surface area contributed by atoms with Crippen molar-refractivity contribution in [1.82, 2.24) is 4.90 Å². The number of hydrogen-bond donors (Lipinski definition) is 2. The summed E-state index contributed by atoms with van der Waals surface area (Å²) in [5, 5.41) is 2.09. The van der Waals surface area contributed by atoms with Gasteiger partial charge in [-0.2, -0.15) is 0 Å². The summed E-state index contributed by atoms with van der Waals surface area (Å²) in [7, 11) is 1.47. The zero-order chi connectivity index (χ0) is 15.4. The number of carbonyl (C=O) groups is 2. The van der Waals surface area contributed by atoms with Crippen molar-refractivity contribution in [2.75, 3.05) is 18.9 Å². The molecule has 0 spiro atoms. The van der Waals surface area contributed by atoms with Crippen molar-refractivity contribution in [1.29, 1.82) is 0 Å². The van der Waals surface area contributed by atoms with E-state index in [-0.39, 0.29) is 6.54 Å². The first-order chi connectivity index (χ1) is 9.23. The van der Waals surface area contributed by atoms with Crippen molar-refractivity contribution < 1.29 is 22.8 Å². The lowest BCUT2D eigenvalue weighted by molar-refractivity contribution is -0.123. The van der Waals surface area contributed by atoms with Crippen LogP contribution in [0.3, 0.4) is 0 Å². The van der Waals surface area contributed by atoms with Gasteiger partial charge in [0.25, 0.3) is 0 Å². The zero-order valence-electron chi connectivity index (χ0n) is 10.9. The third kappa shape index (κ3) is 3.70. The molecule has 0 bridgehead atoms. The maximum atomic E-state index is 13.3. The molecule has 8 heteroatoms. The summed E-state index contributed by atoms with van der Waals surface area (Å²) in [6, 6.07) is 0.906. The van der Waals surface area contributed by atoms with Gasteiger partial charge < -0.3 is 11.1 Å². The highest BCUT2D eigenvalue weighted by molar-refractivity contribution is 5.92. The molecule has 1 rings (SSSR count). The number of nitrogens with two attached hydrogens (primary N) is 1. The van der Waals surface area contributed by atoms with Gasteiger partial charge >= 0.3 is 0 Å². The molecule has 1 atom stereocenters. The van der Waals surface area contributed by atoms with Gasteiger partial charge in [-0.05, 0) is 26.1 Å². The molecule has 0 aromatic heterocycles. The van der Waals surface area contributed by atoms with Crippen LogP contribution in [0.15, 0.2) is 12.1 Å². The highest BCUT2D eigenvalue weighted by Crippen LogP contribution is 2.19. The van der Waals surface area contributed by atoms with E-state index in [4.69, 9.17) is 5.73 Å². The standard InChI is InChI=1S/C12H14F3N3O2/c1-6(12(16)20)18(2)5-9(19)17-8-4-3-7(13)10(14)11(8)15/h3-4,6H,5H2,1-2H3,(H2,16,20)(H,17,19)/t6-/m1/s1. The van der Waals surface area contributed by atoms with Gasteiger partial charge in [0.2, 0.25) is 11.8 Å². The van der Waals surface area contributed by atoms with Gasteiger partial charge in [-0.25, -0.2) is 13.2 Å². The summed E-state index contributed by atoms with van der Waals surface area (Å²) < 4.78 is 39.0. The maximum Gasteiger partial charge on any atom is 0.238 e. The van der Waals surface area contributed by atoms with E-state index in [2.05, 4.69) is 5.32 Å². The molecule has 110 valence electrons. The molecule has 0 radical (unpaired) electrons. The van der Waals surface area contributed by atoms with Crippen LogP contribution in [0.25, 0.3) is 0 Å². The first-order valence-electron chi connectivity index (χ1n) is 5.67. The number of anilines is 1. The third-order valence-corrected chi connectivity index (χ3v) is 2.78. The van der Waals surface area contributed by atoms with Crippen molar-refractivity contribution >= 4 is 17.5 Å². The molecule has 0 saturated carbocycles. The van der Waals surface area contributed by atoms with Gasteiger partial charge in [-0.3, -0.25) is 14.5 Å². The summed E-state index contributed by atoms with van der Waals surface area (Å²) in [5.74, 6) is -5.81. The van der Waals surface area contributed by atoms with E-state index in [1.165, 1.54) is 18.9 Å². The van der Waals surface area contributed by atoms with Crippen LogP contribution in [-0.2, 0) is 9.59 Å². The van der Waals surface area contributed by atoms with Gasteiger partial charge in [0.05, 0.1) is 18.3 Å². The largest absolute Gasteiger partial charge is 0.368 e. The quantitative estimate of drug-likeness (QED) is 0.789. The molecule has 2 amide bonds. The number of nitrogens with one attached hydrogen (secondary N) is 1. The molecule has 0 aliphatic rings. The number of hydrogen-bond acceptors (Lipinski definition) is 3. The van der Waals surface area contributed by atoms with Crippen LogP contribution in [0.4, 0.5) is 18.9 Å². The Morgan fingerprint density at radius 3 is 2.45 bits per heavy atom. The fourth-order valence-corrected chi connectivity index (χ4v) is 1.39. The Labute approximate surface area is 113 Å². The average molecular weight is 289 g/mol. The topological polar surface area (TPSA) is 75.4 Å². The van der Waals surface area contributed by atoms with Crippen molar-refractivity contribution in [2.45, 2.75) is 13.0 Å². The predicted octanol–water partition coefficient (Wildman–Crippen LogP) is 0.848. The van der Waals surface area contributed by atoms with Crippen LogP contribution in [0.1, 0.15) is 6.92 Å². The Morgan fingerprint density at radius 1 is 1.30 bits per heavy atom. The summed E-state index contributed by atoms with van der Waals surface area (Å²) in [6.07, 6.45) is 0. The zero-order valence-corrected chi connectivity index (χ0v) is 10.9. The Bertz CT molecular complexity index is 537. The minimum absolute atomic E-state index is 0.261. The Balaban J connectivity index is 2.73.